The summed E-state index contributed by atoms with van der Waals surface area (Å²) in [4.78, 5) is 0. The van der Waals surface area contributed by atoms with Crippen molar-refractivity contribution in [3.8, 4) is 5.75 Å². The zero-order chi connectivity index (χ0) is 10.8. The van der Waals surface area contributed by atoms with Crippen LogP contribution in [0.1, 0.15) is 0 Å². The molecule has 0 aliphatic carbocycles. The predicted octanol–water partition coefficient (Wildman–Crippen LogP) is 3.04. The average molecular weight is 287 g/mol. The lowest BCUT2D eigenvalue weighted by Crippen LogP contribution is -1.93. The van der Waals surface area contributed by atoms with Gasteiger partial charge in [0.05, 0.1) is 0 Å². The molecule has 0 amide bonds. The number of halogens is 1. The molecule has 0 N–H and O–H groups in total. The summed E-state index contributed by atoms with van der Waals surface area (Å²) < 4.78 is 8.44. The maximum absolute atomic E-state index is 5.60. The Hall–Kier alpha value is -0.680. The van der Waals surface area contributed by atoms with Crippen molar-refractivity contribution >= 4 is 38.6 Å². The van der Waals surface area contributed by atoms with Crippen LogP contribution < -0.4 is 4.74 Å². The van der Waals surface area contributed by atoms with Crippen LogP contribution in [0.15, 0.2) is 22.8 Å². The van der Waals surface area contributed by atoms with Crippen LogP contribution in [0.5, 0.6) is 5.75 Å². The fourth-order valence-electron chi connectivity index (χ4n) is 1.40. The van der Waals surface area contributed by atoms with Crippen LogP contribution >= 0.6 is 27.7 Å². The Labute approximate surface area is 101 Å². The summed E-state index contributed by atoms with van der Waals surface area (Å²) in [5.74, 6) is 1.48. The topological polar surface area (TPSA) is 27.1 Å². The highest BCUT2D eigenvalue weighted by atomic mass is 79.9. The van der Waals surface area contributed by atoms with E-state index in [0.29, 0.717) is 5.94 Å². The summed E-state index contributed by atoms with van der Waals surface area (Å²) in [6.45, 7) is 0. The molecule has 0 fully saturated rings. The van der Waals surface area contributed by atoms with E-state index < -0.39 is 0 Å². The van der Waals surface area contributed by atoms with Gasteiger partial charge in [-0.1, -0.05) is 15.9 Å². The quantitative estimate of drug-likeness (QED) is 0.812. The monoisotopic (exact) mass is 286 g/mol. The molecule has 0 bridgehead atoms. The van der Waals surface area contributed by atoms with Crippen molar-refractivity contribution in [2.45, 2.75) is 0 Å². The second kappa shape index (κ2) is 4.45. The summed E-state index contributed by atoms with van der Waals surface area (Å²) in [5, 5.41) is 5.46. The van der Waals surface area contributed by atoms with E-state index >= 15 is 0 Å². The first-order valence-electron chi connectivity index (χ1n) is 4.46. The molecule has 0 aliphatic heterocycles. The fraction of sp³-hybridized carbons (Fsp3) is 0.300. The Morgan fingerprint density at radius 1 is 1.53 bits per heavy atom. The third kappa shape index (κ3) is 2.13. The van der Waals surface area contributed by atoms with Gasteiger partial charge in [0, 0.05) is 23.1 Å². The molecule has 1 heterocycles. The van der Waals surface area contributed by atoms with Crippen molar-refractivity contribution in [1.82, 2.24) is 9.78 Å². The number of fused-ring (bicyclic) bond motifs is 1. The molecule has 5 heteroatoms. The van der Waals surface area contributed by atoms with Gasteiger partial charge < -0.3 is 4.74 Å². The Balaban J connectivity index is 2.50. The number of aryl methyl sites for hydroxylation is 1. The van der Waals surface area contributed by atoms with Gasteiger partial charge in [-0.15, -0.1) is 11.8 Å². The molecule has 15 heavy (non-hydrogen) atoms. The molecule has 1 aromatic carbocycles. The zero-order valence-corrected chi connectivity index (χ0v) is 10.9. The van der Waals surface area contributed by atoms with Gasteiger partial charge in [0.2, 0.25) is 0 Å². The molecular formula is C10H11BrN2OS. The summed E-state index contributed by atoms with van der Waals surface area (Å²) in [6.07, 6.45) is 3.99. The molecule has 3 nitrogen and oxygen atoms in total. The lowest BCUT2D eigenvalue weighted by atomic mass is 10.2. The minimum absolute atomic E-state index is 0.646. The third-order valence-electron chi connectivity index (χ3n) is 2.03. The van der Waals surface area contributed by atoms with Gasteiger partial charge >= 0.3 is 0 Å². The number of nitrogens with zero attached hydrogens (tertiary/aromatic N) is 2. The molecule has 1 aromatic heterocycles. The van der Waals surface area contributed by atoms with Gasteiger partial charge in [0.1, 0.15) is 17.2 Å². The molecule has 0 unspecified atom stereocenters. The number of hydrogen-bond acceptors (Lipinski definition) is 3. The highest BCUT2D eigenvalue weighted by Crippen LogP contribution is 2.30. The number of ether oxygens (including phenoxy) is 1. The number of rotatable bonds is 3. The molecule has 2 aromatic rings. The lowest BCUT2D eigenvalue weighted by Gasteiger charge is -2.04. The summed E-state index contributed by atoms with van der Waals surface area (Å²) >= 11 is 5.15. The summed E-state index contributed by atoms with van der Waals surface area (Å²) in [5.41, 5.74) is 0.904. The van der Waals surface area contributed by atoms with Crippen LogP contribution in [0.3, 0.4) is 0 Å². The van der Waals surface area contributed by atoms with Crippen molar-refractivity contribution in [3.05, 3.63) is 22.8 Å². The van der Waals surface area contributed by atoms with E-state index in [2.05, 4.69) is 21.0 Å². The Morgan fingerprint density at radius 3 is 3.07 bits per heavy atom. The second-order valence-electron chi connectivity index (χ2n) is 3.16. The van der Waals surface area contributed by atoms with Crippen molar-refractivity contribution < 1.29 is 4.74 Å². The largest absolute Gasteiger partial charge is 0.481 e. The molecule has 0 aliphatic rings. The number of benzene rings is 1. The lowest BCUT2D eigenvalue weighted by molar-refractivity contribution is 0.397. The predicted molar refractivity (Wildman–Crippen MR) is 67.4 cm³/mol. The molecule has 0 spiro atoms. The zero-order valence-electron chi connectivity index (χ0n) is 8.53. The van der Waals surface area contributed by atoms with E-state index in [1.807, 2.05) is 31.6 Å². The Bertz CT molecular complexity index is 483. The number of aromatic nitrogens is 2. The molecule has 0 atom stereocenters. The van der Waals surface area contributed by atoms with Crippen molar-refractivity contribution in [2.24, 2.45) is 7.05 Å². The van der Waals surface area contributed by atoms with E-state index in [1.54, 1.807) is 16.4 Å². The minimum Gasteiger partial charge on any atom is -0.481 e. The van der Waals surface area contributed by atoms with Crippen molar-refractivity contribution in [2.75, 3.05) is 12.2 Å². The van der Waals surface area contributed by atoms with Gasteiger partial charge in [0.25, 0.3) is 0 Å². The maximum atomic E-state index is 5.60. The van der Waals surface area contributed by atoms with Crippen LogP contribution in [-0.4, -0.2) is 22.0 Å². The van der Waals surface area contributed by atoms with Crippen molar-refractivity contribution in [1.29, 1.82) is 0 Å². The van der Waals surface area contributed by atoms with Gasteiger partial charge in [-0.3, -0.25) is 4.68 Å². The Kier molecular flexibility index (Phi) is 3.21. The molecule has 2 rings (SSSR count). The molecule has 0 radical (unpaired) electrons. The Morgan fingerprint density at radius 2 is 2.33 bits per heavy atom. The standard InChI is InChI=1S/C10H11BrN2OS/c1-13-5-7-8(11)3-4-9(10(7)12-13)14-6-15-2/h3-5H,6H2,1-2H3. The molecular weight excluding hydrogens is 276 g/mol. The van der Waals surface area contributed by atoms with Crippen LogP contribution in [0.4, 0.5) is 0 Å². The maximum Gasteiger partial charge on any atom is 0.148 e. The summed E-state index contributed by atoms with van der Waals surface area (Å²) in [7, 11) is 1.91. The molecule has 80 valence electrons. The van der Waals surface area contributed by atoms with Crippen LogP contribution in [-0.2, 0) is 7.05 Å². The smallest absolute Gasteiger partial charge is 0.148 e. The highest BCUT2D eigenvalue weighted by molar-refractivity contribution is 9.10. The fourth-order valence-corrected chi connectivity index (χ4v) is 2.07. The first-order chi connectivity index (χ1) is 7.22. The van der Waals surface area contributed by atoms with E-state index in [-0.39, 0.29) is 0 Å². The minimum atomic E-state index is 0.646. The second-order valence-corrected chi connectivity index (χ2v) is 4.83. The van der Waals surface area contributed by atoms with Gasteiger partial charge in [-0.05, 0) is 18.4 Å². The SMILES string of the molecule is CSCOc1ccc(Br)c2cn(C)nc12. The number of thioether (sulfide) groups is 1. The summed E-state index contributed by atoms with van der Waals surface area (Å²) in [6, 6.07) is 3.93. The average Bonchev–Trinajstić information content (AvgIpc) is 2.60. The van der Waals surface area contributed by atoms with E-state index in [9.17, 15) is 0 Å². The molecule has 0 saturated carbocycles. The van der Waals surface area contributed by atoms with Gasteiger partial charge in [-0.2, -0.15) is 5.10 Å². The van der Waals surface area contributed by atoms with E-state index in [1.165, 1.54) is 0 Å². The first kappa shape index (κ1) is 10.8. The van der Waals surface area contributed by atoms with Gasteiger partial charge in [-0.25, -0.2) is 0 Å². The first-order valence-corrected chi connectivity index (χ1v) is 6.64. The van der Waals surface area contributed by atoms with Crippen LogP contribution in [0.25, 0.3) is 10.9 Å². The normalized spacial score (nSPS) is 10.9. The highest BCUT2D eigenvalue weighted by Gasteiger charge is 2.08. The van der Waals surface area contributed by atoms with Crippen LogP contribution in [0, 0.1) is 0 Å². The van der Waals surface area contributed by atoms with Crippen molar-refractivity contribution in [3.63, 3.8) is 0 Å². The number of hydrogen-bond donors (Lipinski definition) is 0. The van der Waals surface area contributed by atoms with Crippen LogP contribution in [0.2, 0.25) is 0 Å². The van der Waals surface area contributed by atoms with E-state index in [4.69, 9.17) is 4.74 Å². The third-order valence-corrected chi connectivity index (χ3v) is 3.08. The van der Waals surface area contributed by atoms with Gasteiger partial charge in [0.15, 0.2) is 0 Å². The molecule has 0 saturated heterocycles. The van der Waals surface area contributed by atoms with E-state index in [0.717, 1.165) is 21.1 Å².